The molecule has 1 atom stereocenters. The Balaban J connectivity index is 3.02. The van der Waals surface area contributed by atoms with Gasteiger partial charge in [-0.1, -0.05) is 13.0 Å². The molecule has 0 heterocycles. The van der Waals surface area contributed by atoms with E-state index >= 15 is 0 Å². The van der Waals surface area contributed by atoms with Crippen molar-refractivity contribution in [3.63, 3.8) is 0 Å². The highest BCUT2D eigenvalue weighted by molar-refractivity contribution is 7.99. The Morgan fingerprint density at radius 3 is 2.68 bits per heavy atom. The van der Waals surface area contributed by atoms with Crippen molar-refractivity contribution in [2.24, 2.45) is 0 Å². The van der Waals surface area contributed by atoms with Gasteiger partial charge in [-0.3, -0.25) is 0 Å². The number of nitrogens with one attached hydrogen (secondary N) is 2. The summed E-state index contributed by atoms with van der Waals surface area (Å²) in [6, 6.07) is 3.80. The molecular formula is C12H19FN2O2S2. The lowest BCUT2D eigenvalue weighted by molar-refractivity contribution is 0.574. The first-order valence-corrected chi connectivity index (χ1v) is 8.63. The molecule has 0 aliphatic heterocycles. The van der Waals surface area contributed by atoms with Crippen molar-refractivity contribution in [1.82, 2.24) is 10.0 Å². The molecule has 0 saturated heterocycles. The van der Waals surface area contributed by atoms with Crippen LogP contribution in [0.5, 0.6) is 0 Å². The molecule has 0 radical (unpaired) electrons. The van der Waals surface area contributed by atoms with Crippen LogP contribution in [0.15, 0.2) is 23.1 Å². The number of halogens is 1. The van der Waals surface area contributed by atoms with E-state index in [9.17, 15) is 12.8 Å². The molecule has 0 spiro atoms. The highest BCUT2D eigenvalue weighted by atomic mass is 32.2. The van der Waals surface area contributed by atoms with E-state index in [1.165, 1.54) is 12.1 Å². The number of hydrogen-bond donors (Lipinski definition) is 2. The third kappa shape index (κ3) is 4.76. The molecule has 0 bridgehead atoms. The normalized spacial score (nSPS) is 13.5. The van der Waals surface area contributed by atoms with Crippen LogP contribution < -0.4 is 10.0 Å². The summed E-state index contributed by atoms with van der Waals surface area (Å²) < 4.78 is 40.1. The molecule has 0 amide bonds. The third-order valence-electron chi connectivity index (χ3n) is 2.65. The maximum absolute atomic E-state index is 13.3. The fraction of sp³-hybridized carbons (Fsp3) is 0.500. The highest BCUT2D eigenvalue weighted by Crippen LogP contribution is 2.17. The minimum atomic E-state index is -3.68. The van der Waals surface area contributed by atoms with Crippen molar-refractivity contribution in [3.8, 4) is 0 Å². The van der Waals surface area contributed by atoms with E-state index in [0.717, 1.165) is 6.07 Å². The van der Waals surface area contributed by atoms with Gasteiger partial charge in [-0.2, -0.15) is 11.8 Å². The molecule has 0 aromatic heterocycles. The Kier molecular flexibility index (Phi) is 6.25. The fourth-order valence-corrected chi connectivity index (χ4v) is 3.24. The van der Waals surface area contributed by atoms with E-state index in [4.69, 9.17) is 0 Å². The smallest absolute Gasteiger partial charge is 0.241 e. The maximum atomic E-state index is 13.3. The SMILES string of the molecule is CNCc1ccc(F)cc1S(=O)(=O)NCC(C)SC. The largest absolute Gasteiger partial charge is 0.316 e. The first-order chi connectivity index (χ1) is 8.90. The summed E-state index contributed by atoms with van der Waals surface area (Å²) in [5.41, 5.74) is 0.549. The molecule has 1 aromatic rings. The lowest BCUT2D eigenvalue weighted by Gasteiger charge is -2.13. The predicted octanol–water partition coefficient (Wildman–Crippen LogP) is 1.57. The monoisotopic (exact) mass is 306 g/mol. The summed E-state index contributed by atoms with van der Waals surface area (Å²) >= 11 is 1.56. The van der Waals surface area contributed by atoms with Crippen molar-refractivity contribution >= 4 is 21.8 Å². The van der Waals surface area contributed by atoms with Gasteiger partial charge >= 0.3 is 0 Å². The van der Waals surface area contributed by atoms with Gasteiger partial charge in [0.2, 0.25) is 10.0 Å². The second-order valence-electron chi connectivity index (χ2n) is 4.18. The number of thioether (sulfide) groups is 1. The van der Waals surface area contributed by atoms with E-state index in [2.05, 4.69) is 10.0 Å². The zero-order chi connectivity index (χ0) is 14.5. The zero-order valence-corrected chi connectivity index (χ0v) is 12.9. The maximum Gasteiger partial charge on any atom is 0.241 e. The van der Waals surface area contributed by atoms with Gasteiger partial charge in [0, 0.05) is 18.3 Å². The molecule has 1 unspecified atom stereocenters. The Labute approximate surface area is 118 Å². The average Bonchev–Trinajstić information content (AvgIpc) is 2.38. The quantitative estimate of drug-likeness (QED) is 0.803. The highest BCUT2D eigenvalue weighted by Gasteiger charge is 2.19. The number of rotatable bonds is 7. The Hall–Kier alpha value is -0.630. The topological polar surface area (TPSA) is 58.2 Å². The summed E-state index contributed by atoms with van der Waals surface area (Å²) in [4.78, 5) is -0.00449. The standard InChI is InChI=1S/C12H19FN2O2S2/c1-9(18-3)7-15-19(16,17)12-6-11(13)5-4-10(12)8-14-2/h4-6,9,14-15H,7-8H2,1-3H3. The third-order valence-corrected chi connectivity index (χ3v) is 5.13. The Morgan fingerprint density at radius 2 is 2.11 bits per heavy atom. The second kappa shape index (κ2) is 7.23. The summed E-state index contributed by atoms with van der Waals surface area (Å²) in [5.74, 6) is -0.557. The molecule has 7 heteroatoms. The summed E-state index contributed by atoms with van der Waals surface area (Å²) in [6.07, 6.45) is 1.91. The van der Waals surface area contributed by atoms with Gasteiger partial charge in [-0.25, -0.2) is 17.5 Å². The van der Waals surface area contributed by atoms with Gasteiger partial charge in [0.1, 0.15) is 5.82 Å². The van der Waals surface area contributed by atoms with Crippen molar-refractivity contribution in [1.29, 1.82) is 0 Å². The minimum Gasteiger partial charge on any atom is -0.316 e. The average molecular weight is 306 g/mol. The van der Waals surface area contributed by atoms with Crippen LogP contribution in [0.4, 0.5) is 4.39 Å². The van der Waals surface area contributed by atoms with Gasteiger partial charge < -0.3 is 5.32 Å². The lowest BCUT2D eigenvalue weighted by Crippen LogP contribution is -2.30. The molecule has 4 nitrogen and oxygen atoms in total. The molecule has 0 aliphatic rings. The summed E-state index contributed by atoms with van der Waals surface area (Å²) in [6.45, 7) is 2.61. The van der Waals surface area contributed by atoms with E-state index in [1.54, 1.807) is 18.8 Å². The Bertz CT molecular complexity index is 520. The molecule has 1 rings (SSSR count). The van der Waals surface area contributed by atoms with Gasteiger partial charge in [0.15, 0.2) is 0 Å². The van der Waals surface area contributed by atoms with Crippen molar-refractivity contribution < 1.29 is 12.8 Å². The van der Waals surface area contributed by atoms with Crippen LogP contribution in [-0.2, 0) is 16.6 Å². The van der Waals surface area contributed by atoms with E-state index in [0.29, 0.717) is 18.7 Å². The van der Waals surface area contributed by atoms with Crippen molar-refractivity contribution in [3.05, 3.63) is 29.6 Å². The van der Waals surface area contributed by atoms with E-state index in [1.807, 2.05) is 13.2 Å². The summed E-state index contributed by atoms with van der Waals surface area (Å²) in [5, 5.41) is 3.04. The van der Waals surface area contributed by atoms with Crippen LogP contribution in [0.2, 0.25) is 0 Å². The number of benzene rings is 1. The number of sulfonamides is 1. The van der Waals surface area contributed by atoms with Crippen LogP contribution in [0.3, 0.4) is 0 Å². The Morgan fingerprint density at radius 1 is 1.42 bits per heavy atom. The van der Waals surface area contributed by atoms with Crippen molar-refractivity contribution in [2.75, 3.05) is 19.8 Å². The van der Waals surface area contributed by atoms with Crippen LogP contribution in [0, 0.1) is 5.82 Å². The van der Waals surface area contributed by atoms with Gasteiger partial charge in [-0.15, -0.1) is 0 Å². The van der Waals surface area contributed by atoms with Crippen LogP contribution in [0.25, 0.3) is 0 Å². The van der Waals surface area contributed by atoms with Gasteiger partial charge in [0.05, 0.1) is 4.90 Å². The number of hydrogen-bond acceptors (Lipinski definition) is 4. The van der Waals surface area contributed by atoms with Crippen molar-refractivity contribution in [2.45, 2.75) is 23.6 Å². The molecule has 19 heavy (non-hydrogen) atoms. The summed E-state index contributed by atoms with van der Waals surface area (Å²) in [7, 11) is -1.97. The van der Waals surface area contributed by atoms with Gasteiger partial charge in [-0.05, 0) is 31.0 Å². The molecule has 0 fully saturated rings. The van der Waals surface area contributed by atoms with Crippen LogP contribution in [0.1, 0.15) is 12.5 Å². The minimum absolute atomic E-state index is 0.00449. The van der Waals surface area contributed by atoms with E-state index < -0.39 is 15.8 Å². The molecule has 2 N–H and O–H groups in total. The predicted molar refractivity (Wildman–Crippen MR) is 77.3 cm³/mol. The second-order valence-corrected chi connectivity index (χ2v) is 7.19. The molecule has 0 aliphatic carbocycles. The fourth-order valence-electron chi connectivity index (χ4n) is 1.50. The molecule has 108 valence electrons. The molecule has 0 saturated carbocycles. The lowest BCUT2D eigenvalue weighted by atomic mass is 10.2. The first-order valence-electron chi connectivity index (χ1n) is 5.86. The molecule has 1 aromatic carbocycles. The van der Waals surface area contributed by atoms with Crippen LogP contribution >= 0.6 is 11.8 Å². The zero-order valence-electron chi connectivity index (χ0n) is 11.2. The van der Waals surface area contributed by atoms with Crippen LogP contribution in [-0.4, -0.2) is 33.5 Å². The van der Waals surface area contributed by atoms with Gasteiger partial charge in [0.25, 0.3) is 0 Å². The molecular weight excluding hydrogens is 287 g/mol. The van der Waals surface area contributed by atoms with E-state index in [-0.39, 0.29) is 10.1 Å². The first kappa shape index (κ1) is 16.4.